The van der Waals surface area contributed by atoms with Gasteiger partial charge in [0.15, 0.2) is 11.5 Å². The molecule has 0 saturated heterocycles. The number of allylic oxidation sites excluding steroid dienone is 9. The Morgan fingerprint density at radius 3 is 2.83 bits per heavy atom. The molecule has 6 nitrogen and oxygen atoms in total. The highest BCUT2D eigenvalue weighted by molar-refractivity contribution is 5.71. The predicted octanol–water partition coefficient (Wildman–Crippen LogP) is 3.63. The minimum absolute atomic E-state index is 0.670. The van der Waals surface area contributed by atoms with Crippen molar-refractivity contribution in [3.8, 4) is 0 Å². The van der Waals surface area contributed by atoms with Crippen molar-refractivity contribution in [1.82, 2.24) is 25.1 Å². The summed E-state index contributed by atoms with van der Waals surface area (Å²) in [4.78, 5) is 4.30. The summed E-state index contributed by atoms with van der Waals surface area (Å²) in [7, 11) is 0. The van der Waals surface area contributed by atoms with Gasteiger partial charge in [0.2, 0.25) is 0 Å². The van der Waals surface area contributed by atoms with Crippen molar-refractivity contribution < 1.29 is 0 Å². The summed E-state index contributed by atoms with van der Waals surface area (Å²) in [6.45, 7) is 1.44. The van der Waals surface area contributed by atoms with E-state index in [2.05, 4.69) is 75.2 Å². The van der Waals surface area contributed by atoms with Crippen LogP contribution in [0.2, 0.25) is 0 Å². The van der Waals surface area contributed by atoms with E-state index in [1.54, 1.807) is 0 Å². The fourth-order valence-corrected chi connectivity index (χ4v) is 3.14. The van der Waals surface area contributed by atoms with Crippen molar-refractivity contribution in [2.45, 2.75) is 19.3 Å². The van der Waals surface area contributed by atoms with Gasteiger partial charge in [-0.1, -0.05) is 54.7 Å². The van der Waals surface area contributed by atoms with Gasteiger partial charge in [-0.25, -0.2) is 0 Å². The second-order valence-corrected chi connectivity index (χ2v) is 6.73. The zero-order valence-electron chi connectivity index (χ0n) is 16.3. The van der Waals surface area contributed by atoms with Crippen molar-refractivity contribution in [2.75, 3.05) is 13.1 Å². The quantitative estimate of drug-likeness (QED) is 0.878. The maximum absolute atomic E-state index is 4.83. The van der Waals surface area contributed by atoms with Gasteiger partial charge in [0.1, 0.15) is 5.69 Å². The van der Waals surface area contributed by atoms with Gasteiger partial charge in [-0.05, 0) is 36.6 Å². The molecule has 29 heavy (non-hydrogen) atoms. The van der Waals surface area contributed by atoms with Gasteiger partial charge in [-0.3, -0.25) is 4.99 Å². The van der Waals surface area contributed by atoms with Crippen LogP contribution in [-0.4, -0.2) is 39.1 Å². The fraction of sp³-hybridized carbons (Fsp3) is 0.217. The van der Waals surface area contributed by atoms with E-state index in [4.69, 9.17) is 5.10 Å². The van der Waals surface area contributed by atoms with Crippen LogP contribution < -0.4 is 5.32 Å². The first kappa shape index (κ1) is 18.8. The van der Waals surface area contributed by atoms with E-state index in [1.807, 2.05) is 28.9 Å². The summed E-state index contributed by atoms with van der Waals surface area (Å²) in [6, 6.07) is 3.96. The number of hydrogen-bond donors (Lipinski definition) is 1. The SMILES string of the molecule is C1=C\C/C=C(Cc2nnc3ccc(/C4=C/C/C=C\C=C/CN4)nn23)\C=C/C\N=C/1. The van der Waals surface area contributed by atoms with Crippen LogP contribution in [0, 0.1) is 0 Å². The maximum atomic E-state index is 4.83. The van der Waals surface area contributed by atoms with Gasteiger partial charge in [0.05, 0.1) is 12.2 Å². The Balaban J connectivity index is 1.61. The van der Waals surface area contributed by atoms with E-state index in [0.717, 1.165) is 42.2 Å². The third-order valence-corrected chi connectivity index (χ3v) is 4.60. The predicted molar refractivity (Wildman–Crippen MR) is 118 cm³/mol. The zero-order valence-corrected chi connectivity index (χ0v) is 16.3. The molecular formula is C23H24N6. The third-order valence-electron chi connectivity index (χ3n) is 4.60. The van der Waals surface area contributed by atoms with Crippen LogP contribution >= 0.6 is 0 Å². The monoisotopic (exact) mass is 384 g/mol. The average molecular weight is 384 g/mol. The number of nitrogens with one attached hydrogen (secondary N) is 1. The Morgan fingerprint density at radius 2 is 1.83 bits per heavy atom. The molecule has 4 heterocycles. The molecular weight excluding hydrogens is 360 g/mol. The smallest absolute Gasteiger partial charge is 0.177 e. The van der Waals surface area contributed by atoms with Gasteiger partial charge in [0.25, 0.3) is 0 Å². The van der Waals surface area contributed by atoms with Crippen LogP contribution in [0.25, 0.3) is 11.3 Å². The topological polar surface area (TPSA) is 67.5 Å². The number of aliphatic imine (C=N–C) groups is 1. The average Bonchev–Trinajstić information content (AvgIpc) is 3.20. The Labute approximate surface area is 170 Å². The fourth-order valence-electron chi connectivity index (χ4n) is 3.14. The number of nitrogens with zero attached hydrogens (tertiary/aromatic N) is 5. The molecule has 0 radical (unpaired) electrons. The highest BCUT2D eigenvalue weighted by Gasteiger charge is 2.11. The van der Waals surface area contributed by atoms with Gasteiger partial charge in [0, 0.05) is 19.2 Å². The molecule has 146 valence electrons. The van der Waals surface area contributed by atoms with Gasteiger partial charge in [-0.15, -0.1) is 10.2 Å². The van der Waals surface area contributed by atoms with E-state index >= 15 is 0 Å². The lowest BCUT2D eigenvalue weighted by Crippen LogP contribution is -2.14. The van der Waals surface area contributed by atoms with E-state index in [1.165, 1.54) is 5.57 Å². The van der Waals surface area contributed by atoms with Crippen molar-refractivity contribution in [3.05, 3.63) is 90.0 Å². The van der Waals surface area contributed by atoms with Crippen molar-refractivity contribution in [3.63, 3.8) is 0 Å². The van der Waals surface area contributed by atoms with Crippen molar-refractivity contribution in [1.29, 1.82) is 0 Å². The molecule has 0 atom stereocenters. The number of hydrogen-bond acceptors (Lipinski definition) is 5. The maximum Gasteiger partial charge on any atom is 0.177 e. The second-order valence-electron chi connectivity index (χ2n) is 6.73. The second kappa shape index (κ2) is 9.59. The number of aromatic nitrogens is 4. The molecule has 4 rings (SSSR count). The molecule has 1 N–H and O–H groups in total. The van der Waals surface area contributed by atoms with E-state index in [-0.39, 0.29) is 0 Å². The van der Waals surface area contributed by atoms with E-state index in [9.17, 15) is 0 Å². The molecule has 2 aromatic rings. The first-order valence-corrected chi connectivity index (χ1v) is 9.88. The van der Waals surface area contributed by atoms with Crippen LogP contribution in [0.5, 0.6) is 0 Å². The molecule has 0 aliphatic carbocycles. The van der Waals surface area contributed by atoms with Crippen LogP contribution in [0.1, 0.15) is 24.4 Å². The molecule has 0 aromatic carbocycles. The first-order chi connectivity index (χ1) is 14.4. The molecule has 0 amide bonds. The zero-order chi connectivity index (χ0) is 19.7. The lowest BCUT2D eigenvalue weighted by molar-refractivity contribution is 0.821. The van der Waals surface area contributed by atoms with Crippen molar-refractivity contribution >= 4 is 17.6 Å². The Morgan fingerprint density at radius 1 is 0.931 bits per heavy atom. The lowest BCUT2D eigenvalue weighted by Gasteiger charge is -2.09. The third kappa shape index (κ3) is 5.04. The molecule has 0 fully saturated rings. The molecule has 2 aliphatic heterocycles. The highest BCUT2D eigenvalue weighted by Crippen LogP contribution is 2.15. The minimum Gasteiger partial charge on any atom is -0.380 e. The van der Waals surface area contributed by atoms with E-state index < -0.39 is 0 Å². The molecule has 0 unspecified atom stereocenters. The number of fused-ring (bicyclic) bond motifs is 1. The van der Waals surface area contributed by atoms with Crippen LogP contribution in [0.15, 0.2) is 83.5 Å². The molecule has 0 spiro atoms. The lowest BCUT2D eigenvalue weighted by atomic mass is 10.1. The summed E-state index contributed by atoms with van der Waals surface area (Å²) in [6.07, 6.45) is 25.2. The summed E-state index contributed by atoms with van der Waals surface area (Å²) < 4.78 is 1.84. The Bertz CT molecular complexity index is 1060. The summed E-state index contributed by atoms with van der Waals surface area (Å²) in [5, 5.41) is 16.9. The van der Waals surface area contributed by atoms with Crippen molar-refractivity contribution in [2.24, 2.45) is 4.99 Å². The molecule has 6 heteroatoms. The minimum atomic E-state index is 0.670. The number of rotatable bonds is 3. The summed E-state index contributed by atoms with van der Waals surface area (Å²) in [5.41, 5.74) is 3.84. The molecule has 0 bridgehead atoms. The van der Waals surface area contributed by atoms with Gasteiger partial charge in [-0.2, -0.15) is 9.61 Å². The van der Waals surface area contributed by atoms with Crippen LogP contribution in [-0.2, 0) is 6.42 Å². The summed E-state index contributed by atoms with van der Waals surface area (Å²) >= 11 is 0. The normalized spacial score (nSPS) is 26.3. The molecule has 0 saturated carbocycles. The van der Waals surface area contributed by atoms with Gasteiger partial charge < -0.3 is 5.32 Å². The molecule has 2 aromatic heterocycles. The largest absolute Gasteiger partial charge is 0.380 e. The van der Waals surface area contributed by atoms with Crippen LogP contribution in [0.3, 0.4) is 0 Å². The van der Waals surface area contributed by atoms with Gasteiger partial charge >= 0.3 is 0 Å². The summed E-state index contributed by atoms with van der Waals surface area (Å²) in [5.74, 6) is 0.825. The molecule has 2 aliphatic rings. The van der Waals surface area contributed by atoms with Crippen LogP contribution in [0.4, 0.5) is 0 Å². The first-order valence-electron chi connectivity index (χ1n) is 9.88. The Kier molecular flexibility index (Phi) is 6.22. The Hall–Kier alpha value is -3.54. The van der Waals surface area contributed by atoms with E-state index in [0.29, 0.717) is 13.0 Å². The highest BCUT2D eigenvalue weighted by atomic mass is 15.4. The standard InChI is InChI=1S/C23H24N6/c1-2-6-12-20(25-17-8-3-1)21-13-14-22-26-27-23(29(22)28-21)18-19-10-5-4-7-15-24-16-9-11-19/h1-4,7-15,25H,5-6,16-18H2/b2-1-,7-4-,8-3-,11-9-,19-10+,20-12-,24-15-.